The van der Waals surface area contributed by atoms with Gasteiger partial charge in [-0.2, -0.15) is 0 Å². The molecule has 208 valence electrons. The SMILES string of the molecule is CCCCNC(=O)[C@H](C)N(Cc1ccc(Br)cc1)C(=O)CN(c1ccc(C)cc1)S(=O)(=O)c1ccc(C)cc1. The van der Waals surface area contributed by atoms with Crippen molar-refractivity contribution in [3.05, 3.63) is 94.0 Å². The van der Waals surface area contributed by atoms with Gasteiger partial charge < -0.3 is 10.2 Å². The summed E-state index contributed by atoms with van der Waals surface area (Å²) in [6.45, 7) is 7.70. The number of carbonyl (C=O) groups excluding carboxylic acids is 2. The molecule has 0 saturated heterocycles. The highest BCUT2D eigenvalue weighted by molar-refractivity contribution is 9.10. The van der Waals surface area contributed by atoms with E-state index in [-0.39, 0.29) is 17.3 Å². The Labute approximate surface area is 240 Å². The predicted octanol–water partition coefficient (Wildman–Crippen LogP) is 5.59. The molecule has 0 heterocycles. The van der Waals surface area contributed by atoms with Gasteiger partial charge in [-0.25, -0.2) is 8.42 Å². The highest BCUT2D eigenvalue weighted by Gasteiger charge is 2.32. The summed E-state index contributed by atoms with van der Waals surface area (Å²) >= 11 is 3.42. The molecule has 0 spiro atoms. The molecule has 3 rings (SSSR count). The van der Waals surface area contributed by atoms with Gasteiger partial charge in [0.15, 0.2) is 0 Å². The first-order valence-corrected chi connectivity index (χ1v) is 15.2. The van der Waals surface area contributed by atoms with Crippen molar-refractivity contribution >= 4 is 43.5 Å². The van der Waals surface area contributed by atoms with Crippen LogP contribution in [0.4, 0.5) is 5.69 Å². The zero-order valence-electron chi connectivity index (χ0n) is 22.9. The quantitative estimate of drug-likeness (QED) is 0.270. The maximum atomic E-state index is 13.9. The first-order chi connectivity index (χ1) is 18.5. The van der Waals surface area contributed by atoms with Crippen molar-refractivity contribution < 1.29 is 18.0 Å². The Morgan fingerprint density at radius 2 is 1.46 bits per heavy atom. The lowest BCUT2D eigenvalue weighted by Gasteiger charge is -2.32. The molecule has 0 aliphatic carbocycles. The van der Waals surface area contributed by atoms with Gasteiger partial charge in [0.05, 0.1) is 10.6 Å². The lowest BCUT2D eigenvalue weighted by atomic mass is 10.1. The normalized spacial score (nSPS) is 12.0. The van der Waals surface area contributed by atoms with Crippen molar-refractivity contribution in [3.8, 4) is 0 Å². The zero-order valence-corrected chi connectivity index (χ0v) is 25.3. The van der Waals surface area contributed by atoms with E-state index in [1.54, 1.807) is 55.5 Å². The number of anilines is 1. The summed E-state index contributed by atoms with van der Waals surface area (Å²) in [5.41, 5.74) is 3.09. The smallest absolute Gasteiger partial charge is 0.264 e. The highest BCUT2D eigenvalue weighted by Crippen LogP contribution is 2.25. The van der Waals surface area contributed by atoms with E-state index in [1.807, 2.05) is 45.0 Å². The van der Waals surface area contributed by atoms with Crippen molar-refractivity contribution in [2.24, 2.45) is 0 Å². The lowest BCUT2D eigenvalue weighted by molar-refractivity contribution is -0.139. The van der Waals surface area contributed by atoms with Crippen LogP contribution >= 0.6 is 15.9 Å². The largest absolute Gasteiger partial charge is 0.354 e. The Bertz CT molecular complexity index is 1360. The van der Waals surface area contributed by atoms with Gasteiger partial charge in [-0.1, -0.05) is 76.8 Å². The molecule has 2 amide bonds. The van der Waals surface area contributed by atoms with Gasteiger partial charge in [0.1, 0.15) is 12.6 Å². The van der Waals surface area contributed by atoms with Gasteiger partial charge in [0, 0.05) is 17.6 Å². The highest BCUT2D eigenvalue weighted by atomic mass is 79.9. The first-order valence-electron chi connectivity index (χ1n) is 13.0. The van der Waals surface area contributed by atoms with E-state index in [0.29, 0.717) is 12.2 Å². The van der Waals surface area contributed by atoms with E-state index < -0.39 is 28.5 Å². The Hall–Kier alpha value is -3.17. The molecule has 3 aromatic rings. The summed E-state index contributed by atoms with van der Waals surface area (Å²) in [5, 5.41) is 2.89. The van der Waals surface area contributed by atoms with E-state index in [2.05, 4.69) is 21.2 Å². The molecule has 1 N–H and O–H groups in total. The second-order valence-electron chi connectivity index (χ2n) is 9.63. The van der Waals surface area contributed by atoms with Gasteiger partial charge in [0.2, 0.25) is 11.8 Å². The van der Waals surface area contributed by atoms with Crippen LogP contribution in [0, 0.1) is 13.8 Å². The number of amides is 2. The van der Waals surface area contributed by atoms with Crippen molar-refractivity contribution in [1.29, 1.82) is 0 Å². The van der Waals surface area contributed by atoms with E-state index in [0.717, 1.165) is 38.3 Å². The number of benzene rings is 3. The number of nitrogens with zero attached hydrogens (tertiary/aromatic N) is 2. The van der Waals surface area contributed by atoms with Crippen LogP contribution in [0.2, 0.25) is 0 Å². The van der Waals surface area contributed by atoms with E-state index in [9.17, 15) is 18.0 Å². The number of nitrogens with one attached hydrogen (secondary N) is 1. The molecular weight excluding hydrogens is 578 g/mol. The summed E-state index contributed by atoms with van der Waals surface area (Å²) in [4.78, 5) is 28.4. The average molecular weight is 615 g/mol. The van der Waals surface area contributed by atoms with Crippen LogP contribution in [0.3, 0.4) is 0 Å². The molecule has 0 fully saturated rings. The Kier molecular flexibility index (Phi) is 10.7. The predicted molar refractivity (Wildman–Crippen MR) is 159 cm³/mol. The summed E-state index contributed by atoms with van der Waals surface area (Å²) in [7, 11) is -4.08. The number of carbonyl (C=O) groups is 2. The second kappa shape index (κ2) is 13.8. The summed E-state index contributed by atoms with van der Waals surface area (Å²) in [6.07, 6.45) is 1.76. The van der Waals surface area contributed by atoms with E-state index in [4.69, 9.17) is 0 Å². The van der Waals surface area contributed by atoms with Gasteiger partial charge >= 0.3 is 0 Å². The van der Waals surface area contributed by atoms with Gasteiger partial charge in [0.25, 0.3) is 10.0 Å². The molecule has 0 radical (unpaired) electrons. The minimum atomic E-state index is -4.08. The average Bonchev–Trinajstić information content (AvgIpc) is 2.91. The zero-order chi connectivity index (χ0) is 28.6. The van der Waals surface area contributed by atoms with Gasteiger partial charge in [-0.15, -0.1) is 0 Å². The molecule has 1 atom stereocenters. The van der Waals surface area contributed by atoms with Crippen molar-refractivity contribution in [2.75, 3.05) is 17.4 Å². The third kappa shape index (κ3) is 8.16. The Morgan fingerprint density at radius 3 is 2.03 bits per heavy atom. The van der Waals surface area contributed by atoms with Crippen LogP contribution in [0.1, 0.15) is 43.4 Å². The van der Waals surface area contributed by atoms with Crippen molar-refractivity contribution in [3.63, 3.8) is 0 Å². The van der Waals surface area contributed by atoms with E-state index >= 15 is 0 Å². The summed E-state index contributed by atoms with van der Waals surface area (Å²) in [6, 6.07) is 20.2. The molecule has 7 nitrogen and oxygen atoms in total. The molecule has 0 aliphatic heterocycles. The monoisotopic (exact) mass is 613 g/mol. The number of hydrogen-bond donors (Lipinski definition) is 1. The summed E-state index contributed by atoms with van der Waals surface area (Å²) in [5.74, 6) is -0.760. The molecular formula is C30H36BrN3O4S. The number of hydrogen-bond acceptors (Lipinski definition) is 4. The third-order valence-electron chi connectivity index (χ3n) is 6.47. The van der Waals surface area contributed by atoms with Crippen LogP contribution in [-0.2, 0) is 26.2 Å². The maximum absolute atomic E-state index is 13.9. The first kappa shape index (κ1) is 30.4. The van der Waals surface area contributed by atoms with Crippen LogP contribution in [0.25, 0.3) is 0 Å². The molecule has 39 heavy (non-hydrogen) atoms. The van der Waals surface area contributed by atoms with Crippen molar-refractivity contribution in [2.45, 2.75) is 58.0 Å². The minimum Gasteiger partial charge on any atom is -0.354 e. The maximum Gasteiger partial charge on any atom is 0.264 e. The molecule has 0 unspecified atom stereocenters. The Morgan fingerprint density at radius 1 is 0.897 bits per heavy atom. The molecule has 3 aromatic carbocycles. The lowest BCUT2D eigenvalue weighted by Crippen LogP contribution is -2.51. The molecule has 0 aliphatic rings. The Balaban J connectivity index is 1.98. The fourth-order valence-corrected chi connectivity index (χ4v) is 5.66. The number of aryl methyl sites for hydroxylation is 2. The molecule has 0 saturated carbocycles. The van der Waals surface area contributed by atoms with E-state index in [1.165, 1.54) is 4.90 Å². The summed E-state index contributed by atoms with van der Waals surface area (Å²) < 4.78 is 29.7. The van der Waals surface area contributed by atoms with Crippen LogP contribution in [0.5, 0.6) is 0 Å². The van der Waals surface area contributed by atoms with Gasteiger partial charge in [-0.3, -0.25) is 13.9 Å². The molecule has 9 heteroatoms. The third-order valence-corrected chi connectivity index (χ3v) is 8.79. The van der Waals surface area contributed by atoms with Crippen molar-refractivity contribution in [1.82, 2.24) is 10.2 Å². The topological polar surface area (TPSA) is 86.8 Å². The minimum absolute atomic E-state index is 0.0892. The standard InChI is InChI=1S/C30H36BrN3O4S/c1-5-6-19-32-30(36)24(4)33(20-25-11-13-26(31)14-12-25)29(35)21-34(27-15-7-22(2)8-16-27)39(37,38)28-17-9-23(3)10-18-28/h7-18,24H,5-6,19-21H2,1-4H3,(H,32,36)/t24-/m0/s1. The second-order valence-corrected chi connectivity index (χ2v) is 12.4. The van der Waals surface area contributed by atoms with Gasteiger partial charge in [-0.05, 0) is 69.2 Å². The number of halogens is 1. The number of rotatable bonds is 12. The fourth-order valence-electron chi connectivity index (χ4n) is 3.98. The molecule has 0 aromatic heterocycles. The number of unbranched alkanes of at least 4 members (excludes halogenated alkanes) is 1. The van der Waals surface area contributed by atoms with Crippen LogP contribution in [0.15, 0.2) is 82.2 Å². The number of sulfonamides is 1. The van der Waals surface area contributed by atoms with Crippen LogP contribution < -0.4 is 9.62 Å². The molecule has 0 bridgehead atoms. The van der Waals surface area contributed by atoms with Crippen LogP contribution in [-0.4, -0.2) is 44.3 Å². The fraction of sp³-hybridized carbons (Fsp3) is 0.333.